The fraction of sp³-hybridized carbons (Fsp3) is 0.773. The van der Waals surface area contributed by atoms with Gasteiger partial charge in [-0.1, -0.05) is 50.5 Å². The Kier molecular flexibility index (Phi) is 10.9. The third kappa shape index (κ3) is 9.04. The first-order chi connectivity index (χ1) is 12.8. The van der Waals surface area contributed by atoms with Gasteiger partial charge in [0.1, 0.15) is 0 Å². The highest BCUT2D eigenvalue weighted by Gasteiger charge is 2.39. The predicted octanol–water partition coefficient (Wildman–Crippen LogP) is 3.52. The Hall–Kier alpha value is -1.17. The Labute approximate surface area is 164 Å². The minimum Gasteiger partial charge on any atom is -0.469 e. The largest absolute Gasteiger partial charge is 0.469 e. The molecule has 5 heteroatoms. The predicted molar refractivity (Wildman–Crippen MR) is 107 cm³/mol. The molecule has 0 aromatic heterocycles. The summed E-state index contributed by atoms with van der Waals surface area (Å²) >= 11 is 0. The number of carbonyl (C=O) groups excluding carboxylic acids is 1. The van der Waals surface area contributed by atoms with Crippen molar-refractivity contribution in [1.82, 2.24) is 0 Å². The molecule has 0 aromatic rings. The van der Waals surface area contributed by atoms with Gasteiger partial charge < -0.3 is 20.1 Å². The van der Waals surface area contributed by atoms with Gasteiger partial charge in [-0.3, -0.25) is 4.79 Å². The molecule has 156 valence electrons. The summed E-state index contributed by atoms with van der Waals surface area (Å²) in [5.74, 6) is -0.411. The van der Waals surface area contributed by atoms with Crippen molar-refractivity contribution in [3.05, 3.63) is 24.3 Å². The molecule has 0 spiro atoms. The van der Waals surface area contributed by atoms with Crippen LogP contribution in [0.5, 0.6) is 0 Å². The van der Waals surface area contributed by atoms with E-state index in [1.807, 2.05) is 18.2 Å². The number of unbranched alkanes of at least 4 members (excludes halogenated alkanes) is 3. The van der Waals surface area contributed by atoms with Gasteiger partial charge in [0.2, 0.25) is 0 Å². The number of hydrogen-bond donors (Lipinski definition) is 3. The molecule has 1 fully saturated rings. The lowest BCUT2D eigenvalue weighted by atomic mass is 9.88. The average molecular weight is 383 g/mol. The molecule has 3 N–H and O–H groups in total. The van der Waals surface area contributed by atoms with Crippen LogP contribution in [0.25, 0.3) is 0 Å². The molecular weight excluding hydrogens is 344 g/mol. The maximum atomic E-state index is 11.1. The van der Waals surface area contributed by atoms with Crippen LogP contribution in [0.2, 0.25) is 0 Å². The monoisotopic (exact) mass is 382 g/mol. The Bertz CT molecular complexity index is 483. The molecular formula is C22H38O5. The van der Waals surface area contributed by atoms with Gasteiger partial charge in [0.05, 0.1) is 24.9 Å². The zero-order chi connectivity index (χ0) is 20.3. The molecule has 0 amide bonds. The number of ether oxygens (including phenoxy) is 1. The van der Waals surface area contributed by atoms with Gasteiger partial charge in [0, 0.05) is 18.8 Å². The molecule has 5 nitrogen and oxygen atoms in total. The van der Waals surface area contributed by atoms with E-state index in [1.54, 1.807) is 13.0 Å². The molecule has 0 radical (unpaired) electrons. The van der Waals surface area contributed by atoms with E-state index in [1.165, 1.54) is 7.11 Å². The zero-order valence-corrected chi connectivity index (χ0v) is 17.1. The highest BCUT2D eigenvalue weighted by molar-refractivity contribution is 5.69. The van der Waals surface area contributed by atoms with Gasteiger partial charge in [-0.25, -0.2) is 0 Å². The van der Waals surface area contributed by atoms with Crippen molar-refractivity contribution < 1.29 is 24.9 Å². The van der Waals surface area contributed by atoms with E-state index in [0.717, 1.165) is 32.1 Å². The molecule has 0 heterocycles. The van der Waals surface area contributed by atoms with E-state index >= 15 is 0 Å². The fourth-order valence-electron chi connectivity index (χ4n) is 3.68. The summed E-state index contributed by atoms with van der Waals surface area (Å²) < 4.78 is 4.61. The van der Waals surface area contributed by atoms with Crippen LogP contribution in [0.1, 0.15) is 71.6 Å². The minimum atomic E-state index is -0.878. The Morgan fingerprint density at radius 2 is 1.93 bits per heavy atom. The van der Waals surface area contributed by atoms with Crippen LogP contribution in [-0.4, -0.2) is 46.2 Å². The van der Waals surface area contributed by atoms with Crippen LogP contribution in [0.4, 0.5) is 0 Å². The van der Waals surface area contributed by atoms with E-state index in [2.05, 4.69) is 11.7 Å². The van der Waals surface area contributed by atoms with Crippen LogP contribution in [-0.2, 0) is 9.53 Å². The van der Waals surface area contributed by atoms with Gasteiger partial charge in [-0.05, 0) is 38.5 Å². The highest BCUT2D eigenvalue weighted by atomic mass is 16.5. The van der Waals surface area contributed by atoms with Crippen LogP contribution in [0.3, 0.4) is 0 Å². The van der Waals surface area contributed by atoms with Crippen molar-refractivity contribution >= 4 is 5.97 Å². The van der Waals surface area contributed by atoms with Crippen molar-refractivity contribution in [3.63, 3.8) is 0 Å². The van der Waals surface area contributed by atoms with Gasteiger partial charge in [0.15, 0.2) is 0 Å². The quantitative estimate of drug-likeness (QED) is 0.273. The third-order valence-corrected chi connectivity index (χ3v) is 5.43. The summed E-state index contributed by atoms with van der Waals surface area (Å²) in [5.41, 5.74) is -0.878. The maximum absolute atomic E-state index is 11.1. The molecule has 0 unspecified atom stereocenters. The summed E-state index contributed by atoms with van der Waals surface area (Å²) in [6.45, 7) is 3.93. The molecule has 27 heavy (non-hydrogen) atoms. The SMILES string of the molecule is CCCCC[C@@](C)(O)/C=C/[C@@H]1[C@@H](C/C=C/CCCC(=O)OC)[C@@H](O)C[C@H]1O. The van der Waals surface area contributed by atoms with Gasteiger partial charge in [-0.2, -0.15) is 0 Å². The number of aliphatic hydroxyl groups is 3. The number of hydrogen-bond acceptors (Lipinski definition) is 5. The first kappa shape index (κ1) is 23.9. The third-order valence-electron chi connectivity index (χ3n) is 5.43. The molecule has 1 aliphatic rings. The van der Waals surface area contributed by atoms with Crippen molar-refractivity contribution in [2.45, 2.75) is 89.4 Å². The smallest absolute Gasteiger partial charge is 0.305 e. The molecule has 0 aromatic carbocycles. The number of aliphatic hydroxyl groups excluding tert-OH is 2. The first-order valence-corrected chi connectivity index (χ1v) is 10.3. The Morgan fingerprint density at radius 1 is 1.19 bits per heavy atom. The summed E-state index contributed by atoms with van der Waals surface area (Å²) in [4.78, 5) is 11.1. The number of rotatable bonds is 12. The summed E-state index contributed by atoms with van der Waals surface area (Å²) in [5, 5.41) is 31.1. The molecule has 5 atom stereocenters. The van der Waals surface area contributed by atoms with E-state index in [9.17, 15) is 20.1 Å². The lowest BCUT2D eigenvalue weighted by molar-refractivity contribution is -0.140. The van der Waals surface area contributed by atoms with Crippen molar-refractivity contribution in [2.75, 3.05) is 7.11 Å². The normalized spacial score (nSPS) is 28.1. The van der Waals surface area contributed by atoms with Gasteiger partial charge in [0.25, 0.3) is 0 Å². The Morgan fingerprint density at radius 3 is 2.59 bits per heavy atom. The lowest BCUT2D eigenvalue weighted by Crippen LogP contribution is -2.24. The molecule has 0 bridgehead atoms. The number of allylic oxidation sites excluding steroid dienone is 2. The van der Waals surface area contributed by atoms with Crippen LogP contribution in [0, 0.1) is 11.8 Å². The van der Waals surface area contributed by atoms with E-state index < -0.39 is 17.8 Å². The molecule has 1 aliphatic carbocycles. The summed E-state index contributed by atoms with van der Waals surface area (Å²) in [6.07, 6.45) is 13.4. The molecule has 1 rings (SSSR count). The van der Waals surface area contributed by atoms with Crippen molar-refractivity contribution in [2.24, 2.45) is 11.8 Å². The molecule has 1 saturated carbocycles. The standard InChI is InChI=1S/C22H38O5/c1-4-5-10-14-22(2,26)15-13-18-17(19(23)16-20(18)24)11-8-6-7-9-12-21(25)27-3/h6,8,13,15,17-20,23-24,26H,4-5,7,9-12,14,16H2,1-3H3/b8-6+,15-13+/t17-,18-,19+,20-,22-/m1/s1. The fourth-order valence-corrected chi connectivity index (χ4v) is 3.68. The molecule has 0 aliphatic heterocycles. The zero-order valence-electron chi connectivity index (χ0n) is 17.1. The van der Waals surface area contributed by atoms with E-state index in [4.69, 9.17) is 0 Å². The van der Waals surface area contributed by atoms with Gasteiger partial charge >= 0.3 is 5.97 Å². The van der Waals surface area contributed by atoms with E-state index in [-0.39, 0.29) is 17.8 Å². The second kappa shape index (κ2) is 12.3. The summed E-state index contributed by atoms with van der Waals surface area (Å²) in [7, 11) is 1.39. The first-order valence-electron chi connectivity index (χ1n) is 10.3. The second-order valence-electron chi connectivity index (χ2n) is 7.96. The average Bonchev–Trinajstić information content (AvgIpc) is 2.89. The molecule has 0 saturated heterocycles. The summed E-state index contributed by atoms with van der Waals surface area (Å²) in [6, 6.07) is 0. The number of carbonyl (C=O) groups is 1. The van der Waals surface area contributed by atoms with Crippen LogP contribution in [0.15, 0.2) is 24.3 Å². The van der Waals surface area contributed by atoms with Crippen LogP contribution >= 0.6 is 0 Å². The van der Waals surface area contributed by atoms with Gasteiger partial charge in [-0.15, -0.1) is 0 Å². The maximum Gasteiger partial charge on any atom is 0.305 e. The minimum absolute atomic E-state index is 0.0560. The van der Waals surface area contributed by atoms with Crippen LogP contribution < -0.4 is 0 Å². The lowest BCUT2D eigenvalue weighted by Gasteiger charge is -2.23. The second-order valence-corrected chi connectivity index (χ2v) is 7.96. The van der Waals surface area contributed by atoms with Crippen molar-refractivity contribution in [1.29, 1.82) is 0 Å². The number of esters is 1. The number of methoxy groups -OCH3 is 1. The highest BCUT2D eigenvalue weighted by Crippen LogP contribution is 2.37. The topological polar surface area (TPSA) is 87.0 Å². The van der Waals surface area contributed by atoms with Crippen molar-refractivity contribution in [3.8, 4) is 0 Å². The van der Waals surface area contributed by atoms with E-state index in [0.29, 0.717) is 25.7 Å². The Balaban J connectivity index is 2.54.